The van der Waals surface area contributed by atoms with E-state index in [1.807, 2.05) is 0 Å². The first-order chi connectivity index (χ1) is 4.33. The van der Waals surface area contributed by atoms with Crippen molar-refractivity contribution >= 4 is 6.29 Å². The normalized spacial score (nSPS) is 9.33. The van der Waals surface area contributed by atoms with Crippen molar-refractivity contribution in [1.29, 1.82) is 0 Å². The molecule has 1 aromatic heterocycles. The molecule has 0 aliphatic carbocycles. The van der Waals surface area contributed by atoms with E-state index in [-0.39, 0.29) is 6.54 Å². The molecular weight excluding hydrogens is 124 g/mol. The number of aromatic amines is 1. The number of aldehydes is 1. The molecule has 0 aromatic carbocycles. The van der Waals surface area contributed by atoms with Gasteiger partial charge >= 0.3 is 5.63 Å². The van der Waals surface area contributed by atoms with Crippen LogP contribution in [0.15, 0.2) is 15.5 Å². The summed E-state index contributed by atoms with van der Waals surface area (Å²) in [7, 11) is 0. The predicted molar refractivity (Wildman–Crippen MR) is 25.6 cm³/mol. The minimum atomic E-state index is -0.489. The third kappa shape index (κ3) is 1.25. The molecule has 1 rings (SSSR count). The molecule has 5 nitrogen and oxygen atoms in total. The molecule has 9 heavy (non-hydrogen) atoms. The molecule has 0 unspecified atom stereocenters. The lowest BCUT2D eigenvalue weighted by molar-refractivity contribution is -0.749. The Labute approximate surface area is 49.8 Å². The first-order valence-electron chi connectivity index (χ1n) is 2.34. The van der Waals surface area contributed by atoms with Crippen molar-refractivity contribution in [3.8, 4) is 0 Å². The van der Waals surface area contributed by atoms with E-state index < -0.39 is 5.63 Å². The number of aromatic nitrogens is 2. The van der Waals surface area contributed by atoms with Crippen LogP contribution in [-0.4, -0.2) is 11.6 Å². The molecule has 0 amide bonds. The number of carbonyl (C=O) groups excluding carboxylic acids is 1. The SMILES string of the molecule is O=CC[n+]1cc(=O)o[nH]1. The van der Waals surface area contributed by atoms with E-state index >= 15 is 0 Å². The van der Waals surface area contributed by atoms with Crippen LogP contribution in [-0.2, 0) is 11.3 Å². The summed E-state index contributed by atoms with van der Waals surface area (Å²) in [6.45, 7) is 0.117. The molecule has 1 aromatic rings. The number of hydrogen-bond donors (Lipinski definition) is 1. The van der Waals surface area contributed by atoms with E-state index in [9.17, 15) is 9.59 Å². The quantitative estimate of drug-likeness (QED) is 0.388. The average Bonchev–Trinajstić information content (AvgIpc) is 2.17. The lowest BCUT2D eigenvalue weighted by Gasteiger charge is -1.71. The van der Waals surface area contributed by atoms with Gasteiger partial charge in [0, 0.05) is 0 Å². The summed E-state index contributed by atoms with van der Waals surface area (Å²) >= 11 is 0. The maximum atomic E-state index is 10.2. The highest BCUT2D eigenvalue weighted by atomic mass is 16.5. The first-order valence-corrected chi connectivity index (χ1v) is 2.34. The molecule has 0 atom stereocenters. The molecule has 1 N–H and O–H groups in total. The fraction of sp³-hybridized carbons (Fsp3) is 0.250. The maximum absolute atomic E-state index is 10.2. The Morgan fingerprint density at radius 1 is 1.89 bits per heavy atom. The van der Waals surface area contributed by atoms with Gasteiger partial charge in [-0.15, -0.1) is 0 Å². The minimum Gasteiger partial charge on any atom is -0.296 e. The van der Waals surface area contributed by atoms with E-state index in [2.05, 4.69) is 9.79 Å². The highest BCUT2D eigenvalue weighted by Gasteiger charge is 2.01. The molecule has 0 radical (unpaired) electrons. The number of rotatable bonds is 2. The van der Waals surface area contributed by atoms with Gasteiger partial charge < -0.3 is 0 Å². The van der Waals surface area contributed by atoms with E-state index in [1.54, 1.807) is 0 Å². The smallest absolute Gasteiger partial charge is 0.296 e. The van der Waals surface area contributed by atoms with Gasteiger partial charge in [-0.2, -0.15) is 0 Å². The van der Waals surface area contributed by atoms with Gasteiger partial charge in [-0.1, -0.05) is 4.68 Å². The fourth-order valence-electron chi connectivity index (χ4n) is 0.454. The van der Waals surface area contributed by atoms with Gasteiger partial charge in [0.25, 0.3) is 6.20 Å². The molecule has 0 spiro atoms. The van der Waals surface area contributed by atoms with E-state index in [0.29, 0.717) is 6.29 Å². The number of nitrogens with one attached hydrogen (secondary N) is 1. The van der Waals surface area contributed by atoms with E-state index in [0.717, 1.165) is 6.20 Å². The van der Waals surface area contributed by atoms with Crippen LogP contribution < -0.4 is 10.3 Å². The van der Waals surface area contributed by atoms with Gasteiger partial charge in [0.15, 0.2) is 6.29 Å². The van der Waals surface area contributed by atoms with Crippen molar-refractivity contribution in [2.45, 2.75) is 6.54 Å². The lowest BCUT2D eigenvalue weighted by atomic mass is 10.7. The molecule has 1 heterocycles. The monoisotopic (exact) mass is 129 g/mol. The third-order valence-electron chi connectivity index (χ3n) is 0.796. The number of H-pyrrole nitrogens is 1. The summed E-state index contributed by atoms with van der Waals surface area (Å²) in [5, 5.41) is 2.20. The van der Waals surface area contributed by atoms with Crippen LogP contribution in [0.3, 0.4) is 0 Å². The van der Waals surface area contributed by atoms with Gasteiger partial charge in [0.1, 0.15) is 0 Å². The van der Waals surface area contributed by atoms with Crippen molar-refractivity contribution in [2.24, 2.45) is 0 Å². The molecular formula is C4H5N2O3+. The summed E-state index contributed by atoms with van der Waals surface area (Å²) < 4.78 is 5.49. The average molecular weight is 129 g/mol. The molecule has 0 aliphatic heterocycles. The summed E-state index contributed by atoms with van der Waals surface area (Å²) in [6, 6.07) is 0. The summed E-state index contributed by atoms with van der Waals surface area (Å²) in [6.07, 6.45) is 1.82. The molecule has 48 valence electrons. The minimum absolute atomic E-state index is 0.117. The van der Waals surface area contributed by atoms with Gasteiger partial charge in [-0.3, -0.25) is 9.32 Å². The summed E-state index contributed by atoms with van der Waals surface area (Å²) in [5.41, 5.74) is -0.489. The van der Waals surface area contributed by atoms with Gasteiger partial charge in [0.05, 0.1) is 0 Å². The Hall–Kier alpha value is -1.39. The largest absolute Gasteiger partial charge is 0.426 e. The van der Waals surface area contributed by atoms with Crippen molar-refractivity contribution in [1.82, 2.24) is 5.27 Å². The van der Waals surface area contributed by atoms with Crippen molar-refractivity contribution in [3.05, 3.63) is 16.6 Å². The second-order valence-electron chi connectivity index (χ2n) is 1.46. The Morgan fingerprint density at radius 2 is 2.67 bits per heavy atom. The standard InChI is InChI=1S/C4H4N2O3/c7-2-1-6-3-4(8)9-5-6/h2-3H,1H2/p+1. The third-order valence-corrected chi connectivity index (χ3v) is 0.796. The zero-order chi connectivity index (χ0) is 6.69. The Morgan fingerprint density at radius 3 is 3.11 bits per heavy atom. The highest BCUT2D eigenvalue weighted by Crippen LogP contribution is 1.55. The molecule has 0 saturated carbocycles. The highest BCUT2D eigenvalue weighted by molar-refractivity contribution is 5.46. The van der Waals surface area contributed by atoms with Crippen LogP contribution in [0.4, 0.5) is 0 Å². The van der Waals surface area contributed by atoms with Gasteiger partial charge in [0.2, 0.25) is 6.54 Å². The van der Waals surface area contributed by atoms with Crippen LogP contribution in [0.2, 0.25) is 0 Å². The van der Waals surface area contributed by atoms with Crippen LogP contribution >= 0.6 is 0 Å². The van der Waals surface area contributed by atoms with Crippen LogP contribution in [0.25, 0.3) is 0 Å². The summed E-state index contributed by atoms with van der Waals surface area (Å²) in [4.78, 5) is 20.0. The summed E-state index contributed by atoms with van der Waals surface area (Å²) in [5.74, 6) is 0. The van der Waals surface area contributed by atoms with Gasteiger partial charge in [-0.05, 0) is 5.27 Å². The molecule has 0 saturated heterocycles. The molecule has 0 aliphatic rings. The van der Waals surface area contributed by atoms with Crippen LogP contribution in [0.1, 0.15) is 0 Å². The van der Waals surface area contributed by atoms with E-state index in [4.69, 9.17) is 0 Å². The Balaban J connectivity index is 2.84. The van der Waals surface area contributed by atoms with Crippen molar-refractivity contribution in [2.75, 3.05) is 0 Å². The zero-order valence-electron chi connectivity index (χ0n) is 4.53. The van der Waals surface area contributed by atoms with Gasteiger partial charge in [-0.25, -0.2) is 4.79 Å². The number of hydrogen-bond acceptors (Lipinski definition) is 3. The second-order valence-corrected chi connectivity index (χ2v) is 1.46. The Kier molecular flexibility index (Phi) is 1.44. The molecule has 0 bridgehead atoms. The Bertz CT molecular complexity index is 248. The van der Waals surface area contributed by atoms with Crippen LogP contribution in [0.5, 0.6) is 0 Å². The van der Waals surface area contributed by atoms with Crippen molar-refractivity contribution in [3.63, 3.8) is 0 Å². The maximum Gasteiger partial charge on any atom is 0.426 e. The first kappa shape index (κ1) is 5.74. The topological polar surface area (TPSA) is 66.9 Å². The number of nitrogens with zero attached hydrogens (tertiary/aromatic N) is 1. The van der Waals surface area contributed by atoms with Crippen molar-refractivity contribution < 1.29 is 14.0 Å². The van der Waals surface area contributed by atoms with Crippen LogP contribution in [0, 0.1) is 0 Å². The second kappa shape index (κ2) is 2.25. The predicted octanol–water partition coefficient (Wildman–Crippen LogP) is -1.55. The van der Waals surface area contributed by atoms with E-state index in [1.165, 1.54) is 4.68 Å². The lowest BCUT2D eigenvalue weighted by Crippen LogP contribution is -2.35. The molecule has 0 fully saturated rings. The molecule has 5 heteroatoms. The number of carbonyl (C=O) groups is 1. The zero-order valence-corrected chi connectivity index (χ0v) is 4.53. The fourth-order valence-corrected chi connectivity index (χ4v) is 0.454.